The van der Waals surface area contributed by atoms with Gasteiger partial charge in [-0.25, -0.2) is 4.39 Å². The first-order valence-electron chi connectivity index (χ1n) is 7.19. The molecule has 0 aliphatic heterocycles. The Morgan fingerprint density at radius 1 is 1.21 bits per heavy atom. The molecular formula is C17H14FN3O2S. The summed E-state index contributed by atoms with van der Waals surface area (Å²) in [7, 11) is 0. The number of aromatic nitrogens is 2. The highest BCUT2D eigenvalue weighted by atomic mass is 32.2. The van der Waals surface area contributed by atoms with Crippen molar-refractivity contribution in [2.45, 2.75) is 12.1 Å². The van der Waals surface area contributed by atoms with E-state index < -0.39 is 0 Å². The van der Waals surface area contributed by atoms with Crippen LogP contribution in [0.3, 0.4) is 0 Å². The van der Waals surface area contributed by atoms with Crippen LogP contribution in [-0.2, 0) is 4.79 Å². The predicted octanol–water partition coefficient (Wildman–Crippen LogP) is 3.91. The van der Waals surface area contributed by atoms with Crippen LogP contribution in [0.4, 0.5) is 10.1 Å². The summed E-state index contributed by atoms with van der Waals surface area (Å²) in [5.74, 6) is -0.141. The standard InChI is InChI=1S/C17H14FN3O2S/c1-11-7-8-13(9-14(11)18)19-15(22)10-24-17-21-20-16(23-17)12-5-3-2-4-6-12/h2-9H,10H2,1H3,(H,19,22). The van der Waals surface area contributed by atoms with E-state index in [0.29, 0.717) is 22.4 Å². The second-order valence-corrected chi connectivity index (χ2v) is 5.97. The van der Waals surface area contributed by atoms with Crippen molar-refractivity contribution < 1.29 is 13.6 Å². The summed E-state index contributed by atoms with van der Waals surface area (Å²) in [4.78, 5) is 11.9. The lowest BCUT2D eigenvalue weighted by molar-refractivity contribution is -0.113. The molecule has 0 unspecified atom stereocenters. The van der Waals surface area contributed by atoms with Crippen LogP contribution >= 0.6 is 11.8 Å². The fourth-order valence-electron chi connectivity index (χ4n) is 1.96. The van der Waals surface area contributed by atoms with E-state index in [9.17, 15) is 9.18 Å². The number of nitrogens with one attached hydrogen (secondary N) is 1. The molecule has 7 heteroatoms. The van der Waals surface area contributed by atoms with Gasteiger partial charge in [0.2, 0.25) is 11.8 Å². The molecule has 0 fully saturated rings. The number of benzene rings is 2. The Morgan fingerprint density at radius 3 is 2.75 bits per heavy atom. The van der Waals surface area contributed by atoms with Crippen molar-refractivity contribution >= 4 is 23.4 Å². The Hall–Kier alpha value is -2.67. The number of carbonyl (C=O) groups is 1. The van der Waals surface area contributed by atoms with Gasteiger partial charge in [0, 0.05) is 11.3 Å². The molecule has 1 aromatic heterocycles. The van der Waals surface area contributed by atoms with Gasteiger partial charge in [0.1, 0.15) is 5.82 Å². The lowest BCUT2D eigenvalue weighted by Gasteiger charge is -2.05. The third-order valence-electron chi connectivity index (χ3n) is 3.21. The molecule has 0 atom stereocenters. The Balaban J connectivity index is 1.56. The maximum Gasteiger partial charge on any atom is 0.277 e. The molecule has 1 amide bonds. The van der Waals surface area contributed by atoms with Crippen LogP contribution < -0.4 is 5.32 Å². The lowest BCUT2D eigenvalue weighted by atomic mass is 10.2. The lowest BCUT2D eigenvalue weighted by Crippen LogP contribution is -2.14. The van der Waals surface area contributed by atoms with Crippen LogP contribution in [0.15, 0.2) is 58.2 Å². The fourth-order valence-corrected chi connectivity index (χ4v) is 2.52. The summed E-state index contributed by atoms with van der Waals surface area (Å²) in [6.07, 6.45) is 0. The number of hydrogen-bond acceptors (Lipinski definition) is 5. The number of anilines is 1. The molecule has 1 N–H and O–H groups in total. The summed E-state index contributed by atoms with van der Waals surface area (Å²) in [6.45, 7) is 1.66. The van der Waals surface area contributed by atoms with Gasteiger partial charge in [0.25, 0.3) is 5.22 Å². The van der Waals surface area contributed by atoms with Gasteiger partial charge in [0.05, 0.1) is 5.75 Å². The number of amides is 1. The van der Waals surface area contributed by atoms with Crippen molar-refractivity contribution in [2.75, 3.05) is 11.1 Å². The van der Waals surface area contributed by atoms with Crippen molar-refractivity contribution in [3.63, 3.8) is 0 Å². The molecular weight excluding hydrogens is 329 g/mol. The molecule has 0 radical (unpaired) electrons. The van der Waals surface area contributed by atoms with Crippen LogP contribution in [-0.4, -0.2) is 21.9 Å². The third kappa shape index (κ3) is 3.99. The fraction of sp³-hybridized carbons (Fsp3) is 0.118. The molecule has 24 heavy (non-hydrogen) atoms. The summed E-state index contributed by atoms with van der Waals surface area (Å²) in [5.41, 5.74) is 1.76. The second kappa shape index (κ2) is 7.27. The summed E-state index contributed by atoms with van der Waals surface area (Å²) in [5, 5.41) is 10.8. The SMILES string of the molecule is Cc1ccc(NC(=O)CSc2nnc(-c3ccccc3)o2)cc1F. The topological polar surface area (TPSA) is 68.0 Å². The zero-order valence-electron chi connectivity index (χ0n) is 12.8. The molecule has 0 saturated carbocycles. The Labute approximate surface area is 142 Å². The molecule has 5 nitrogen and oxygen atoms in total. The maximum atomic E-state index is 13.5. The van der Waals surface area contributed by atoms with Gasteiger partial charge in [-0.3, -0.25) is 4.79 Å². The molecule has 122 valence electrons. The Bertz CT molecular complexity index is 852. The number of hydrogen-bond donors (Lipinski definition) is 1. The van der Waals surface area contributed by atoms with Crippen molar-refractivity contribution in [3.05, 3.63) is 59.9 Å². The van der Waals surface area contributed by atoms with Gasteiger partial charge in [-0.1, -0.05) is 36.0 Å². The summed E-state index contributed by atoms with van der Waals surface area (Å²) >= 11 is 1.12. The van der Waals surface area contributed by atoms with Crippen molar-refractivity contribution in [1.82, 2.24) is 10.2 Å². The number of halogens is 1. The Kier molecular flexibility index (Phi) is 4.90. The minimum Gasteiger partial charge on any atom is -0.411 e. The first-order chi connectivity index (χ1) is 11.6. The van der Waals surface area contributed by atoms with Crippen LogP contribution in [0.25, 0.3) is 11.5 Å². The highest BCUT2D eigenvalue weighted by molar-refractivity contribution is 7.99. The average molecular weight is 343 g/mol. The van der Waals surface area contributed by atoms with E-state index in [1.165, 1.54) is 6.07 Å². The minimum atomic E-state index is -0.357. The first-order valence-corrected chi connectivity index (χ1v) is 8.18. The maximum absolute atomic E-state index is 13.5. The third-order valence-corrected chi connectivity index (χ3v) is 4.03. The number of aryl methyl sites for hydroxylation is 1. The molecule has 0 saturated heterocycles. The molecule has 0 spiro atoms. The van der Waals surface area contributed by atoms with Crippen LogP contribution in [0.1, 0.15) is 5.56 Å². The van der Waals surface area contributed by atoms with Crippen LogP contribution in [0.2, 0.25) is 0 Å². The number of thioether (sulfide) groups is 1. The minimum absolute atomic E-state index is 0.0892. The van der Waals surface area contributed by atoms with E-state index in [4.69, 9.17) is 4.42 Å². The molecule has 2 aromatic carbocycles. The van der Waals surface area contributed by atoms with E-state index in [0.717, 1.165) is 17.3 Å². The van der Waals surface area contributed by atoms with Gasteiger partial charge in [-0.15, -0.1) is 10.2 Å². The zero-order chi connectivity index (χ0) is 16.9. The molecule has 0 bridgehead atoms. The summed E-state index contributed by atoms with van der Waals surface area (Å²) in [6, 6.07) is 13.9. The van der Waals surface area contributed by atoms with E-state index >= 15 is 0 Å². The second-order valence-electron chi connectivity index (χ2n) is 5.04. The summed E-state index contributed by atoms with van der Waals surface area (Å²) < 4.78 is 19.0. The largest absolute Gasteiger partial charge is 0.411 e. The highest BCUT2D eigenvalue weighted by Gasteiger charge is 2.11. The van der Waals surface area contributed by atoms with Gasteiger partial charge in [0.15, 0.2) is 0 Å². The number of nitrogens with zero attached hydrogens (tertiary/aromatic N) is 2. The molecule has 1 heterocycles. The van der Waals surface area contributed by atoms with Crippen LogP contribution in [0, 0.1) is 12.7 Å². The molecule has 3 rings (SSSR count). The van der Waals surface area contributed by atoms with E-state index in [1.54, 1.807) is 19.1 Å². The van der Waals surface area contributed by atoms with E-state index in [-0.39, 0.29) is 17.5 Å². The van der Waals surface area contributed by atoms with E-state index in [2.05, 4.69) is 15.5 Å². The Morgan fingerprint density at radius 2 is 2.00 bits per heavy atom. The van der Waals surface area contributed by atoms with Crippen LogP contribution in [0.5, 0.6) is 0 Å². The quantitative estimate of drug-likeness (QED) is 0.711. The number of carbonyl (C=O) groups excluding carboxylic acids is 1. The van der Waals surface area contributed by atoms with Gasteiger partial charge >= 0.3 is 0 Å². The molecule has 0 aliphatic rings. The smallest absolute Gasteiger partial charge is 0.277 e. The normalized spacial score (nSPS) is 10.6. The zero-order valence-corrected chi connectivity index (χ0v) is 13.6. The molecule has 0 aliphatic carbocycles. The van der Waals surface area contributed by atoms with Crippen molar-refractivity contribution in [2.24, 2.45) is 0 Å². The van der Waals surface area contributed by atoms with Gasteiger partial charge in [-0.2, -0.15) is 0 Å². The van der Waals surface area contributed by atoms with E-state index in [1.807, 2.05) is 30.3 Å². The first kappa shape index (κ1) is 16.2. The molecule has 3 aromatic rings. The van der Waals surface area contributed by atoms with Gasteiger partial charge < -0.3 is 9.73 Å². The number of rotatable bonds is 5. The highest BCUT2D eigenvalue weighted by Crippen LogP contribution is 2.23. The monoisotopic (exact) mass is 343 g/mol. The predicted molar refractivity (Wildman–Crippen MR) is 90.2 cm³/mol. The van der Waals surface area contributed by atoms with Gasteiger partial charge in [-0.05, 0) is 36.8 Å². The van der Waals surface area contributed by atoms with Crippen molar-refractivity contribution in [1.29, 1.82) is 0 Å². The average Bonchev–Trinajstić information content (AvgIpc) is 3.06. The van der Waals surface area contributed by atoms with Crippen molar-refractivity contribution in [3.8, 4) is 11.5 Å².